The number of benzene rings is 3. The second-order valence-corrected chi connectivity index (χ2v) is 8.04. The number of rotatable bonds is 6. The van der Waals surface area contributed by atoms with E-state index in [0.717, 1.165) is 39.0 Å². The molecule has 1 amide bonds. The van der Waals surface area contributed by atoms with Crippen LogP contribution in [0.25, 0.3) is 16.5 Å². The van der Waals surface area contributed by atoms with Crippen LogP contribution in [-0.4, -0.2) is 18.0 Å². The first-order valence-corrected chi connectivity index (χ1v) is 11.0. The fraction of sp³-hybridized carbons (Fsp3) is 0.250. The summed E-state index contributed by atoms with van der Waals surface area (Å²) in [6, 6.07) is 20.3. The van der Waals surface area contributed by atoms with Gasteiger partial charge in [0.1, 0.15) is 5.84 Å². The van der Waals surface area contributed by atoms with E-state index in [1.165, 1.54) is 0 Å². The van der Waals surface area contributed by atoms with Crippen molar-refractivity contribution in [3.63, 3.8) is 0 Å². The number of aliphatic imine (C=N–C) groups is 2. The quantitative estimate of drug-likeness (QED) is 0.297. The minimum atomic E-state index is 0.0276. The molecule has 0 aliphatic heterocycles. The predicted octanol–water partition coefficient (Wildman–Crippen LogP) is 7.52. The largest absolute Gasteiger partial charge is 0.274 e. The van der Waals surface area contributed by atoms with Crippen molar-refractivity contribution in [3.8, 4) is 0 Å². The van der Waals surface area contributed by atoms with Crippen LogP contribution < -0.4 is 4.90 Å². The van der Waals surface area contributed by atoms with E-state index >= 15 is 0 Å². The highest BCUT2D eigenvalue weighted by Gasteiger charge is 2.21. The van der Waals surface area contributed by atoms with Crippen LogP contribution in [-0.2, 0) is 4.79 Å². The number of carbonyl (C=O) groups is 1. The van der Waals surface area contributed by atoms with Crippen LogP contribution >= 0.6 is 0 Å². The van der Waals surface area contributed by atoms with Gasteiger partial charge in [0.05, 0.1) is 17.1 Å². The standard InChI is InChI=1S/C28H31N3O/c1-7-28(32)31(27-12-10-9-11-26(27)19(3)4)21(6)30-25-16-15-23-17-22(20(5)29-8-2)13-14-24(23)18-25/h8-19H,5,7H2,1-4,6H3. The third-order valence-electron chi connectivity index (χ3n) is 5.41. The van der Waals surface area contributed by atoms with Gasteiger partial charge in [-0.3, -0.25) is 14.7 Å². The van der Waals surface area contributed by atoms with E-state index < -0.39 is 0 Å². The maximum atomic E-state index is 12.9. The molecule has 164 valence electrons. The number of fused-ring (bicyclic) bond motifs is 1. The average Bonchev–Trinajstić information content (AvgIpc) is 2.79. The summed E-state index contributed by atoms with van der Waals surface area (Å²) >= 11 is 0. The maximum absolute atomic E-state index is 12.9. The van der Waals surface area contributed by atoms with Crippen LogP contribution in [0.2, 0.25) is 0 Å². The van der Waals surface area contributed by atoms with Crippen LogP contribution in [0, 0.1) is 0 Å². The minimum Gasteiger partial charge on any atom is -0.274 e. The Kier molecular flexibility index (Phi) is 7.37. The zero-order chi connectivity index (χ0) is 23.3. The summed E-state index contributed by atoms with van der Waals surface area (Å²) < 4.78 is 0. The number of nitrogens with zero attached hydrogens (tertiary/aromatic N) is 3. The summed E-state index contributed by atoms with van der Waals surface area (Å²) in [5.41, 5.74) is 4.57. The number of para-hydroxylation sites is 1. The molecule has 0 aliphatic rings. The second kappa shape index (κ2) is 10.2. The summed E-state index contributed by atoms with van der Waals surface area (Å²) in [5, 5.41) is 2.17. The van der Waals surface area contributed by atoms with Gasteiger partial charge < -0.3 is 0 Å². The van der Waals surface area contributed by atoms with E-state index in [1.807, 2.05) is 63.2 Å². The van der Waals surface area contributed by atoms with E-state index in [-0.39, 0.29) is 5.91 Å². The zero-order valence-electron chi connectivity index (χ0n) is 19.6. The fourth-order valence-electron chi connectivity index (χ4n) is 3.78. The summed E-state index contributed by atoms with van der Waals surface area (Å²) in [6.07, 6.45) is 2.15. The van der Waals surface area contributed by atoms with E-state index in [2.05, 4.69) is 43.6 Å². The molecule has 0 saturated carbocycles. The van der Waals surface area contributed by atoms with E-state index in [0.29, 0.717) is 18.2 Å². The molecule has 0 unspecified atom stereocenters. The van der Waals surface area contributed by atoms with Gasteiger partial charge in [-0.1, -0.05) is 63.7 Å². The van der Waals surface area contributed by atoms with Gasteiger partial charge in [0.25, 0.3) is 0 Å². The molecule has 0 N–H and O–H groups in total. The molecule has 3 rings (SSSR count). The van der Waals surface area contributed by atoms with Crippen molar-refractivity contribution >= 4 is 45.8 Å². The highest BCUT2D eigenvalue weighted by molar-refractivity contribution is 6.17. The minimum absolute atomic E-state index is 0.0276. The summed E-state index contributed by atoms with van der Waals surface area (Å²) in [4.78, 5) is 23.8. The first-order valence-electron chi connectivity index (χ1n) is 11.0. The predicted molar refractivity (Wildman–Crippen MR) is 138 cm³/mol. The van der Waals surface area contributed by atoms with Crippen LogP contribution in [0.3, 0.4) is 0 Å². The Morgan fingerprint density at radius 3 is 2.44 bits per heavy atom. The summed E-state index contributed by atoms with van der Waals surface area (Å²) in [7, 11) is 0. The number of amides is 1. The molecule has 0 heterocycles. The van der Waals surface area contributed by atoms with Crippen LogP contribution in [0.15, 0.2) is 77.2 Å². The molecule has 3 aromatic carbocycles. The number of carbonyl (C=O) groups excluding carboxylic acids is 1. The lowest BCUT2D eigenvalue weighted by atomic mass is 10.00. The Balaban J connectivity index is 2.02. The third-order valence-corrected chi connectivity index (χ3v) is 5.41. The SMILES string of the molecule is C=C(N=CC)c1ccc2cc(N=C(C)N(C(=O)CC)c3ccccc3C(C)C)ccc2c1. The zero-order valence-corrected chi connectivity index (χ0v) is 19.6. The fourth-order valence-corrected chi connectivity index (χ4v) is 3.78. The van der Waals surface area contributed by atoms with E-state index in [1.54, 1.807) is 11.1 Å². The molecular weight excluding hydrogens is 394 g/mol. The molecule has 0 aromatic heterocycles. The van der Waals surface area contributed by atoms with Crippen molar-refractivity contribution < 1.29 is 4.79 Å². The normalized spacial score (nSPS) is 12.0. The lowest BCUT2D eigenvalue weighted by molar-refractivity contribution is -0.117. The van der Waals surface area contributed by atoms with Crippen molar-refractivity contribution in [1.29, 1.82) is 0 Å². The molecule has 0 fully saturated rings. The van der Waals surface area contributed by atoms with Crippen molar-refractivity contribution in [2.24, 2.45) is 9.98 Å². The molecule has 0 aliphatic carbocycles. The van der Waals surface area contributed by atoms with E-state index in [9.17, 15) is 4.79 Å². The highest BCUT2D eigenvalue weighted by Crippen LogP contribution is 2.30. The molecule has 4 nitrogen and oxygen atoms in total. The van der Waals surface area contributed by atoms with Crippen molar-refractivity contribution in [3.05, 3.63) is 78.4 Å². The topological polar surface area (TPSA) is 45.0 Å². The lowest BCUT2D eigenvalue weighted by Gasteiger charge is -2.26. The average molecular weight is 426 g/mol. The Hall–Kier alpha value is -3.53. The van der Waals surface area contributed by atoms with Crippen LogP contribution in [0.1, 0.15) is 58.1 Å². The van der Waals surface area contributed by atoms with Gasteiger partial charge >= 0.3 is 0 Å². The van der Waals surface area contributed by atoms with Gasteiger partial charge in [0, 0.05) is 18.2 Å². The molecule has 4 heteroatoms. The van der Waals surface area contributed by atoms with Gasteiger partial charge in [-0.2, -0.15) is 0 Å². The maximum Gasteiger partial charge on any atom is 0.232 e. The Morgan fingerprint density at radius 1 is 1.06 bits per heavy atom. The first-order chi connectivity index (χ1) is 15.3. The number of hydrogen-bond donors (Lipinski definition) is 0. The van der Waals surface area contributed by atoms with Gasteiger partial charge in [0.15, 0.2) is 0 Å². The van der Waals surface area contributed by atoms with Crippen LogP contribution in [0.4, 0.5) is 11.4 Å². The number of hydrogen-bond acceptors (Lipinski definition) is 3. The van der Waals surface area contributed by atoms with Crippen LogP contribution in [0.5, 0.6) is 0 Å². The van der Waals surface area contributed by atoms with Crippen molar-refractivity contribution in [2.45, 2.75) is 47.0 Å². The number of amidine groups is 1. The molecule has 0 radical (unpaired) electrons. The smallest absolute Gasteiger partial charge is 0.232 e. The van der Waals surface area contributed by atoms with Gasteiger partial charge in [-0.05, 0) is 60.4 Å². The molecule has 0 bridgehead atoms. The molecule has 32 heavy (non-hydrogen) atoms. The summed E-state index contributed by atoms with van der Waals surface area (Å²) in [6.45, 7) is 13.9. The molecular formula is C28H31N3O. The molecule has 0 atom stereocenters. The van der Waals surface area contributed by atoms with Gasteiger partial charge in [-0.15, -0.1) is 0 Å². The first kappa shape index (κ1) is 23.1. The number of anilines is 1. The van der Waals surface area contributed by atoms with Gasteiger partial charge in [0.2, 0.25) is 5.91 Å². The monoisotopic (exact) mass is 425 g/mol. The van der Waals surface area contributed by atoms with Gasteiger partial charge in [-0.25, -0.2) is 4.99 Å². The lowest BCUT2D eigenvalue weighted by Crippen LogP contribution is -2.35. The van der Waals surface area contributed by atoms with E-state index in [4.69, 9.17) is 4.99 Å². The summed E-state index contributed by atoms with van der Waals surface area (Å²) in [5.74, 6) is 0.985. The molecule has 0 saturated heterocycles. The molecule has 0 spiro atoms. The third kappa shape index (κ3) is 5.02. The Bertz CT molecular complexity index is 1200. The van der Waals surface area contributed by atoms with Crippen molar-refractivity contribution in [1.82, 2.24) is 0 Å². The second-order valence-electron chi connectivity index (χ2n) is 8.04. The highest BCUT2D eigenvalue weighted by atomic mass is 16.2. The Morgan fingerprint density at radius 2 is 1.75 bits per heavy atom. The Labute approximate surface area is 191 Å². The van der Waals surface area contributed by atoms with Crippen molar-refractivity contribution in [2.75, 3.05) is 4.90 Å². The molecule has 3 aromatic rings.